The van der Waals surface area contributed by atoms with Gasteiger partial charge in [-0.25, -0.2) is 5.48 Å². The van der Waals surface area contributed by atoms with Gasteiger partial charge in [-0.2, -0.15) is 0 Å². The summed E-state index contributed by atoms with van der Waals surface area (Å²) < 4.78 is 0.346. The number of hydroxylamine groups is 1. The van der Waals surface area contributed by atoms with Gasteiger partial charge in [-0.15, -0.1) is 0 Å². The smallest absolute Gasteiger partial charge is 0.278 e. The third-order valence-electron chi connectivity index (χ3n) is 2.52. The van der Waals surface area contributed by atoms with Crippen molar-refractivity contribution in [2.75, 3.05) is 0 Å². The Bertz CT molecular complexity index is 619. The lowest BCUT2D eigenvalue weighted by Crippen LogP contribution is -2.23. The van der Waals surface area contributed by atoms with E-state index >= 15 is 0 Å². The molecule has 0 bridgehead atoms. The monoisotopic (exact) mass is 355 g/mol. The molecule has 2 aromatic carbocycles. The van der Waals surface area contributed by atoms with Gasteiger partial charge in [0.05, 0.1) is 16.6 Å². The first-order chi connectivity index (χ1) is 9.58. The minimum absolute atomic E-state index is 0.0393. The number of halogens is 2. The second-order valence-electron chi connectivity index (χ2n) is 3.99. The molecule has 2 N–H and O–H groups in total. The van der Waals surface area contributed by atoms with Crippen LogP contribution in [0, 0.1) is 0 Å². The molecule has 2 rings (SSSR count). The third-order valence-corrected chi connectivity index (χ3v) is 3.34. The van der Waals surface area contributed by atoms with Crippen molar-refractivity contribution in [1.82, 2.24) is 5.48 Å². The number of rotatable bonds is 4. The van der Waals surface area contributed by atoms with E-state index in [0.717, 1.165) is 5.56 Å². The number of carbonyl (C=O) groups is 1. The quantitative estimate of drug-likeness (QED) is 0.822. The van der Waals surface area contributed by atoms with Crippen LogP contribution in [0.2, 0.25) is 5.02 Å². The van der Waals surface area contributed by atoms with Crippen LogP contribution in [0.1, 0.15) is 15.9 Å². The van der Waals surface area contributed by atoms with Crippen LogP contribution >= 0.6 is 27.5 Å². The molecule has 0 saturated carbocycles. The molecule has 104 valence electrons. The van der Waals surface area contributed by atoms with Crippen molar-refractivity contribution in [2.45, 2.75) is 6.61 Å². The maximum atomic E-state index is 11.9. The molecule has 0 atom stereocenters. The summed E-state index contributed by atoms with van der Waals surface area (Å²) in [5, 5.41) is 10.1. The molecule has 0 aromatic heterocycles. The average Bonchev–Trinajstić information content (AvgIpc) is 2.44. The van der Waals surface area contributed by atoms with Gasteiger partial charge in [0.15, 0.2) is 0 Å². The molecule has 0 heterocycles. The van der Waals surface area contributed by atoms with E-state index in [1.54, 1.807) is 0 Å². The minimum atomic E-state index is -0.568. The van der Waals surface area contributed by atoms with Gasteiger partial charge in [-0.3, -0.25) is 9.63 Å². The van der Waals surface area contributed by atoms with E-state index in [1.165, 1.54) is 12.1 Å². The van der Waals surface area contributed by atoms with Crippen LogP contribution in [0.3, 0.4) is 0 Å². The van der Waals surface area contributed by atoms with Crippen molar-refractivity contribution in [2.24, 2.45) is 0 Å². The molecule has 0 radical (unpaired) electrons. The van der Waals surface area contributed by atoms with E-state index in [9.17, 15) is 9.90 Å². The van der Waals surface area contributed by atoms with Crippen molar-refractivity contribution in [3.05, 3.63) is 63.1 Å². The maximum Gasteiger partial charge on any atom is 0.278 e. The molecule has 0 spiro atoms. The molecule has 0 saturated heterocycles. The Morgan fingerprint density at radius 1 is 1.30 bits per heavy atom. The van der Waals surface area contributed by atoms with Gasteiger partial charge in [0, 0.05) is 5.02 Å². The average molecular weight is 357 g/mol. The second-order valence-corrected chi connectivity index (χ2v) is 5.28. The Labute approximate surface area is 129 Å². The van der Waals surface area contributed by atoms with Gasteiger partial charge >= 0.3 is 0 Å². The fourth-order valence-corrected chi connectivity index (χ4v) is 2.36. The summed E-state index contributed by atoms with van der Waals surface area (Å²) in [6.45, 7) is 0.231. The minimum Gasteiger partial charge on any atom is -0.506 e. The summed E-state index contributed by atoms with van der Waals surface area (Å²) in [6.07, 6.45) is 0. The summed E-state index contributed by atoms with van der Waals surface area (Å²) in [5.41, 5.74) is 3.22. The van der Waals surface area contributed by atoms with Crippen LogP contribution < -0.4 is 5.48 Å². The number of phenolic OH excluding ortho intramolecular Hbond substituents is 1. The molecule has 1 amide bonds. The summed E-state index contributed by atoms with van der Waals surface area (Å²) in [4.78, 5) is 17.0. The number of phenols is 1. The van der Waals surface area contributed by atoms with Crippen molar-refractivity contribution >= 4 is 33.4 Å². The SMILES string of the molecule is O=C(NOCc1ccccc1)c1cc(Cl)cc(Br)c1O. The zero-order chi connectivity index (χ0) is 14.5. The van der Waals surface area contributed by atoms with Crippen LogP contribution in [0.5, 0.6) is 5.75 Å². The van der Waals surface area contributed by atoms with Crippen LogP contribution in [-0.2, 0) is 11.4 Å². The topological polar surface area (TPSA) is 58.6 Å². The number of amides is 1. The summed E-state index contributed by atoms with van der Waals surface area (Å²) >= 11 is 8.95. The highest BCUT2D eigenvalue weighted by Crippen LogP contribution is 2.31. The standard InChI is InChI=1S/C14H11BrClNO3/c15-12-7-10(16)6-11(13(12)18)14(19)17-20-8-9-4-2-1-3-5-9/h1-7,18H,8H2,(H,17,19). The van der Waals surface area contributed by atoms with Gasteiger partial charge in [0.1, 0.15) is 5.75 Å². The number of nitrogens with one attached hydrogen (secondary N) is 1. The largest absolute Gasteiger partial charge is 0.506 e. The van der Waals surface area contributed by atoms with Crippen molar-refractivity contribution in [1.29, 1.82) is 0 Å². The number of carbonyl (C=O) groups excluding carboxylic acids is 1. The molecule has 0 fully saturated rings. The predicted molar refractivity (Wildman–Crippen MR) is 79.5 cm³/mol. The molecule has 0 aliphatic carbocycles. The molecule has 4 nitrogen and oxygen atoms in total. The lowest BCUT2D eigenvalue weighted by molar-refractivity contribution is 0.0231. The predicted octanol–water partition coefficient (Wildman–Crippen LogP) is 3.67. The Hall–Kier alpha value is -1.56. The van der Waals surface area contributed by atoms with Crippen LogP contribution in [0.25, 0.3) is 0 Å². The van der Waals surface area contributed by atoms with Gasteiger partial charge < -0.3 is 5.11 Å². The number of hydrogen-bond acceptors (Lipinski definition) is 3. The van der Waals surface area contributed by atoms with Gasteiger partial charge in [0.25, 0.3) is 5.91 Å². The third kappa shape index (κ3) is 3.72. The molecule has 0 aliphatic heterocycles. The number of aromatic hydroxyl groups is 1. The summed E-state index contributed by atoms with van der Waals surface area (Å²) in [5.74, 6) is -0.753. The fraction of sp³-hybridized carbons (Fsp3) is 0.0714. The molecule has 2 aromatic rings. The Balaban J connectivity index is 1.99. The van der Waals surface area contributed by atoms with Crippen molar-refractivity contribution in [3.63, 3.8) is 0 Å². The Morgan fingerprint density at radius 3 is 2.70 bits per heavy atom. The molecule has 0 aliphatic rings. The van der Waals surface area contributed by atoms with E-state index < -0.39 is 5.91 Å². The van der Waals surface area contributed by atoms with Gasteiger partial charge in [-0.05, 0) is 33.6 Å². The van der Waals surface area contributed by atoms with Crippen molar-refractivity contribution < 1.29 is 14.7 Å². The van der Waals surface area contributed by atoms with Gasteiger partial charge in [-0.1, -0.05) is 41.9 Å². The zero-order valence-electron chi connectivity index (χ0n) is 10.3. The van der Waals surface area contributed by atoms with Crippen LogP contribution in [0.4, 0.5) is 0 Å². The van der Waals surface area contributed by atoms with E-state index in [4.69, 9.17) is 16.4 Å². The lowest BCUT2D eigenvalue weighted by Gasteiger charge is -2.09. The first-order valence-corrected chi connectivity index (χ1v) is 6.89. The number of hydrogen-bond donors (Lipinski definition) is 2. The van der Waals surface area contributed by atoms with Crippen LogP contribution in [0.15, 0.2) is 46.9 Å². The van der Waals surface area contributed by atoms with Crippen molar-refractivity contribution in [3.8, 4) is 5.75 Å². The van der Waals surface area contributed by atoms with E-state index in [2.05, 4.69) is 21.4 Å². The molecular formula is C14H11BrClNO3. The van der Waals surface area contributed by atoms with Gasteiger partial charge in [0.2, 0.25) is 0 Å². The Morgan fingerprint density at radius 2 is 2.00 bits per heavy atom. The second kappa shape index (κ2) is 6.74. The highest BCUT2D eigenvalue weighted by molar-refractivity contribution is 9.10. The van der Waals surface area contributed by atoms with E-state index in [1.807, 2.05) is 30.3 Å². The molecule has 20 heavy (non-hydrogen) atoms. The summed E-state index contributed by atoms with van der Waals surface area (Å²) in [7, 11) is 0. The molecular weight excluding hydrogens is 346 g/mol. The first-order valence-electron chi connectivity index (χ1n) is 5.72. The lowest BCUT2D eigenvalue weighted by atomic mass is 10.2. The summed E-state index contributed by atoms with van der Waals surface area (Å²) in [6, 6.07) is 12.3. The number of benzene rings is 2. The maximum absolute atomic E-state index is 11.9. The van der Waals surface area contributed by atoms with E-state index in [0.29, 0.717) is 9.50 Å². The van der Waals surface area contributed by atoms with E-state index in [-0.39, 0.29) is 17.9 Å². The Kier molecular flexibility index (Phi) is 5.00. The zero-order valence-corrected chi connectivity index (χ0v) is 12.6. The molecule has 6 heteroatoms. The van der Waals surface area contributed by atoms with Crippen LogP contribution in [-0.4, -0.2) is 11.0 Å². The normalized spacial score (nSPS) is 10.3. The first kappa shape index (κ1) is 14.8. The highest BCUT2D eigenvalue weighted by Gasteiger charge is 2.15. The molecule has 0 unspecified atom stereocenters. The fourth-order valence-electron chi connectivity index (χ4n) is 1.55. The highest BCUT2D eigenvalue weighted by atomic mass is 79.9.